The Kier molecular flexibility index (Phi) is 70.6. The summed E-state index contributed by atoms with van der Waals surface area (Å²) in [6.07, 6.45) is 62.3. The zero-order chi connectivity index (χ0) is 71.9. The Balaban J connectivity index is 5.26. The molecule has 17 nitrogen and oxygen atoms in total. The lowest BCUT2D eigenvalue weighted by Crippen LogP contribution is -2.30. The molecule has 0 rings (SSSR count). The molecule has 0 saturated heterocycles. The molecule has 0 heterocycles. The van der Waals surface area contributed by atoms with Crippen molar-refractivity contribution < 1.29 is 80.2 Å². The molecular formula is C79H154O17P2. The van der Waals surface area contributed by atoms with Gasteiger partial charge in [0.1, 0.15) is 19.3 Å². The van der Waals surface area contributed by atoms with Gasteiger partial charge < -0.3 is 33.8 Å². The van der Waals surface area contributed by atoms with Gasteiger partial charge in [-0.15, -0.1) is 0 Å². The van der Waals surface area contributed by atoms with Crippen LogP contribution in [0.2, 0.25) is 0 Å². The predicted molar refractivity (Wildman–Crippen MR) is 400 cm³/mol. The topological polar surface area (TPSA) is 237 Å². The number of carbonyl (C=O) groups excluding carboxylic acids is 4. The number of rotatable bonds is 79. The van der Waals surface area contributed by atoms with Gasteiger partial charge in [-0.2, -0.15) is 0 Å². The average molecular weight is 1440 g/mol. The van der Waals surface area contributed by atoms with Crippen LogP contribution in [0.3, 0.4) is 0 Å². The van der Waals surface area contributed by atoms with E-state index in [1.54, 1.807) is 0 Å². The van der Waals surface area contributed by atoms with Crippen molar-refractivity contribution in [3.05, 3.63) is 0 Å². The summed E-state index contributed by atoms with van der Waals surface area (Å²) in [6, 6.07) is 0. The van der Waals surface area contributed by atoms with Crippen LogP contribution in [-0.2, 0) is 65.4 Å². The Morgan fingerprint density at radius 2 is 0.469 bits per heavy atom. The minimum absolute atomic E-state index is 0.108. The summed E-state index contributed by atoms with van der Waals surface area (Å²) in [6.45, 7) is 7.31. The third-order valence-corrected chi connectivity index (χ3v) is 20.4. The van der Waals surface area contributed by atoms with Crippen molar-refractivity contribution in [1.82, 2.24) is 0 Å². The molecule has 0 aromatic heterocycles. The van der Waals surface area contributed by atoms with Crippen molar-refractivity contribution in [3.63, 3.8) is 0 Å². The first-order chi connectivity index (χ1) is 47.5. The molecule has 0 aliphatic heterocycles. The molecule has 0 aliphatic carbocycles. The van der Waals surface area contributed by atoms with Crippen molar-refractivity contribution >= 4 is 39.5 Å². The van der Waals surface area contributed by atoms with E-state index in [-0.39, 0.29) is 25.7 Å². The Bertz CT molecular complexity index is 1870. The van der Waals surface area contributed by atoms with Crippen LogP contribution >= 0.6 is 15.6 Å². The summed E-state index contributed by atoms with van der Waals surface area (Å²) < 4.78 is 68.7. The first-order valence-corrected chi connectivity index (χ1v) is 44.1. The number of carbonyl (C=O) groups is 4. The SMILES string of the molecule is CCCCCCCCCCCCCCCCCCC(=O)OC[C@H](COP(=O)(O)OC[C@@H](O)COP(=O)(O)OC[C@@H](COC(=O)CCCCCCCCCCCC(C)C)OC(=O)CCCCCCCCCCCCCCCC)OC(=O)CCCCCCCCCCCCCCCCCC. The highest BCUT2D eigenvalue weighted by atomic mass is 31.2. The van der Waals surface area contributed by atoms with Crippen molar-refractivity contribution in [2.75, 3.05) is 39.6 Å². The summed E-state index contributed by atoms with van der Waals surface area (Å²) in [4.78, 5) is 73.0. The summed E-state index contributed by atoms with van der Waals surface area (Å²) >= 11 is 0. The van der Waals surface area contributed by atoms with Crippen LogP contribution in [0.25, 0.3) is 0 Å². The summed E-state index contributed by atoms with van der Waals surface area (Å²) in [5.74, 6) is -1.36. The molecule has 0 radical (unpaired) electrons. The molecule has 0 fully saturated rings. The average Bonchev–Trinajstić information content (AvgIpc) is 1.10. The lowest BCUT2D eigenvalue weighted by atomic mass is 10.0. The minimum atomic E-state index is -4.96. The van der Waals surface area contributed by atoms with Gasteiger partial charge in [-0.05, 0) is 31.6 Å². The van der Waals surface area contributed by atoms with E-state index in [1.165, 1.54) is 244 Å². The van der Waals surface area contributed by atoms with Gasteiger partial charge in [0.2, 0.25) is 0 Å². The molecule has 0 aliphatic rings. The monoisotopic (exact) mass is 1440 g/mol. The number of ether oxygens (including phenoxy) is 4. The molecule has 0 aromatic carbocycles. The van der Waals surface area contributed by atoms with Gasteiger partial charge >= 0.3 is 39.5 Å². The normalized spacial score (nSPS) is 13.9. The van der Waals surface area contributed by atoms with Gasteiger partial charge in [0.15, 0.2) is 12.2 Å². The second kappa shape index (κ2) is 72.0. The van der Waals surface area contributed by atoms with E-state index >= 15 is 0 Å². The van der Waals surface area contributed by atoms with Crippen LogP contribution in [0, 0.1) is 5.92 Å². The second-order valence-corrected chi connectivity index (χ2v) is 31.8. The number of aliphatic hydroxyl groups excluding tert-OH is 1. The van der Waals surface area contributed by atoms with Gasteiger partial charge in [0, 0.05) is 25.7 Å². The molecular weight excluding hydrogens is 1280 g/mol. The quantitative estimate of drug-likeness (QED) is 0.0222. The first-order valence-electron chi connectivity index (χ1n) is 41.1. The molecule has 0 aromatic rings. The zero-order valence-electron chi connectivity index (χ0n) is 63.9. The number of hydrogen-bond donors (Lipinski definition) is 3. The van der Waals surface area contributed by atoms with E-state index in [0.717, 1.165) is 95.8 Å². The standard InChI is InChI=1S/C79H154O17P2/c1-6-9-12-15-18-21-24-27-30-32-35-37-42-47-52-57-62-76(81)89-68-74(95-79(84)65-60-55-50-44-39-36-33-31-28-25-22-19-16-13-10-7-2)70-93-97(85,86)91-66-73(80)67-92-98(87,88)94-71-75(69-90-77(82)63-58-53-48-45-40-41-46-51-56-61-72(4)5)96-78(83)64-59-54-49-43-38-34-29-26-23-20-17-14-11-8-3/h72-75,80H,6-71H2,1-5H3,(H,85,86)(H,87,88)/t73-,74-,75-/m1/s1. The number of phosphoric acid groups is 2. The van der Waals surface area contributed by atoms with Gasteiger partial charge in [-0.1, -0.05) is 369 Å². The highest BCUT2D eigenvalue weighted by Gasteiger charge is 2.30. The predicted octanol–water partition coefficient (Wildman–Crippen LogP) is 23.6. The second-order valence-electron chi connectivity index (χ2n) is 28.9. The van der Waals surface area contributed by atoms with E-state index in [2.05, 4.69) is 34.6 Å². The molecule has 2 unspecified atom stereocenters. The Labute approximate surface area is 600 Å². The van der Waals surface area contributed by atoms with Crippen molar-refractivity contribution in [3.8, 4) is 0 Å². The molecule has 0 saturated carbocycles. The summed E-state index contributed by atoms with van der Waals surface area (Å²) in [5, 5.41) is 10.6. The number of unbranched alkanes of at least 4 members (excludes halogenated alkanes) is 51. The fourth-order valence-corrected chi connectivity index (χ4v) is 13.8. The number of esters is 4. The maximum Gasteiger partial charge on any atom is 0.472 e. The maximum atomic E-state index is 13.1. The van der Waals surface area contributed by atoms with Crippen LogP contribution in [0.4, 0.5) is 0 Å². The third kappa shape index (κ3) is 72.4. The molecule has 98 heavy (non-hydrogen) atoms. The van der Waals surface area contributed by atoms with Gasteiger partial charge in [-0.25, -0.2) is 9.13 Å². The van der Waals surface area contributed by atoms with E-state index in [1.807, 2.05) is 0 Å². The lowest BCUT2D eigenvalue weighted by molar-refractivity contribution is -0.161. The Morgan fingerprint density at radius 3 is 0.694 bits per heavy atom. The van der Waals surface area contributed by atoms with Crippen LogP contribution in [0.1, 0.15) is 420 Å². The largest absolute Gasteiger partial charge is 0.472 e. The van der Waals surface area contributed by atoms with Gasteiger partial charge in [-0.3, -0.25) is 37.3 Å². The zero-order valence-corrected chi connectivity index (χ0v) is 65.7. The van der Waals surface area contributed by atoms with Crippen molar-refractivity contribution in [2.24, 2.45) is 5.92 Å². The highest BCUT2D eigenvalue weighted by molar-refractivity contribution is 7.47. The van der Waals surface area contributed by atoms with Gasteiger partial charge in [0.05, 0.1) is 26.4 Å². The van der Waals surface area contributed by atoms with Crippen LogP contribution in [-0.4, -0.2) is 96.7 Å². The molecule has 3 N–H and O–H groups in total. The molecule has 0 spiro atoms. The molecule has 0 bridgehead atoms. The Morgan fingerprint density at radius 1 is 0.276 bits per heavy atom. The summed E-state index contributed by atoms with van der Waals surface area (Å²) in [5.41, 5.74) is 0. The van der Waals surface area contributed by atoms with Crippen LogP contribution < -0.4 is 0 Å². The number of aliphatic hydroxyl groups is 1. The number of hydrogen-bond acceptors (Lipinski definition) is 15. The molecule has 582 valence electrons. The Hall–Kier alpha value is -1.94. The lowest BCUT2D eigenvalue weighted by Gasteiger charge is -2.21. The molecule has 19 heteroatoms. The van der Waals surface area contributed by atoms with E-state index in [4.69, 9.17) is 37.0 Å². The van der Waals surface area contributed by atoms with Crippen molar-refractivity contribution in [2.45, 2.75) is 438 Å². The van der Waals surface area contributed by atoms with E-state index in [0.29, 0.717) is 25.7 Å². The fraction of sp³-hybridized carbons (Fsp3) is 0.949. The van der Waals surface area contributed by atoms with Crippen molar-refractivity contribution in [1.29, 1.82) is 0 Å². The summed E-state index contributed by atoms with van der Waals surface area (Å²) in [7, 11) is -9.92. The third-order valence-electron chi connectivity index (χ3n) is 18.5. The molecule has 0 amide bonds. The smallest absolute Gasteiger partial charge is 0.462 e. The fourth-order valence-electron chi connectivity index (χ4n) is 12.2. The first kappa shape index (κ1) is 96.1. The molecule has 5 atom stereocenters. The maximum absolute atomic E-state index is 13.1. The number of phosphoric ester groups is 2. The van der Waals surface area contributed by atoms with E-state index in [9.17, 15) is 43.2 Å². The minimum Gasteiger partial charge on any atom is -0.462 e. The van der Waals surface area contributed by atoms with E-state index < -0.39 is 97.5 Å². The van der Waals surface area contributed by atoms with Crippen LogP contribution in [0.5, 0.6) is 0 Å². The highest BCUT2D eigenvalue weighted by Crippen LogP contribution is 2.45. The van der Waals surface area contributed by atoms with Gasteiger partial charge in [0.25, 0.3) is 0 Å². The van der Waals surface area contributed by atoms with Crippen LogP contribution in [0.15, 0.2) is 0 Å².